The largest absolute Gasteiger partial charge is 0.466 e. The molecule has 0 spiro atoms. The van der Waals surface area contributed by atoms with E-state index in [1.54, 1.807) is 0 Å². The van der Waals surface area contributed by atoms with Crippen molar-refractivity contribution in [3.05, 3.63) is 12.2 Å². The SMILES string of the molecule is CCCCCCCC/C=C\CCCCCCCCCCCC(=O)OCCCCCCCCCCCCCCCC(=O)NC(CO)C(O)CCCCCCCCCCCCCCCCCCC. The van der Waals surface area contributed by atoms with Gasteiger partial charge in [-0.15, -0.1) is 0 Å². The molecule has 0 heterocycles. The summed E-state index contributed by atoms with van der Waals surface area (Å²) < 4.78 is 5.49. The van der Waals surface area contributed by atoms with Crippen molar-refractivity contribution < 1.29 is 24.5 Å². The lowest BCUT2D eigenvalue weighted by Crippen LogP contribution is -2.45. The van der Waals surface area contributed by atoms with Gasteiger partial charge in [-0.05, 0) is 51.4 Å². The summed E-state index contributed by atoms with van der Waals surface area (Å²) in [5, 5.41) is 23.3. The number of carbonyl (C=O) groups excluding carboxylic acids is 2. The van der Waals surface area contributed by atoms with Crippen molar-refractivity contribution in [1.82, 2.24) is 5.32 Å². The Morgan fingerprint density at radius 3 is 1.08 bits per heavy atom. The number of hydrogen-bond acceptors (Lipinski definition) is 5. The smallest absolute Gasteiger partial charge is 0.305 e. The number of unbranched alkanes of at least 4 members (excludes halogenated alkanes) is 43. The second kappa shape index (κ2) is 56.2. The topological polar surface area (TPSA) is 95.9 Å². The monoisotopic (exact) mass is 932 g/mol. The van der Waals surface area contributed by atoms with E-state index in [-0.39, 0.29) is 18.5 Å². The molecule has 0 aliphatic carbocycles. The van der Waals surface area contributed by atoms with Crippen LogP contribution in [0.4, 0.5) is 0 Å². The van der Waals surface area contributed by atoms with E-state index < -0.39 is 12.1 Å². The van der Waals surface area contributed by atoms with Gasteiger partial charge < -0.3 is 20.3 Å². The van der Waals surface area contributed by atoms with Crippen LogP contribution < -0.4 is 5.32 Å². The number of amides is 1. The predicted molar refractivity (Wildman–Crippen MR) is 287 cm³/mol. The molecule has 0 bridgehead atoms. The maximum Gasteiger partial charge on any atom is 0.305 e. The van der Waals surface area contributed by atoms with Crippen LogP contribution in [0.5, 0.6) is 0 Å². The Morgan fingerprint density at radius 2 is 0.712 bits per heavy atom. The molecule has 2 unspecified atom stereocenters. The van der Waals surface area contributed by atoms with Gasteiger partial charge in [-0.3, -0.25) is 9.59 Å². The van der Waals surface area contributed by atoms with Crippen molar-refractivity contribution in [3.8, 4) is 0 Å². The van der Waals surface area contributed by atoms with Crippen molar-refractivity contribution in [1.29, 1.82) is 0 Å². The van der Waals surface area contributed by atoms with Gasteiger partial charge in [-0.1, -0.05) is 283 Å². The normalized spacial score (nSPS) is 12.6. The summed E-state index contributed by atoms with van der Waals surface area (Å²) in [5.74, 6) is -0.0497. The summed E-state index contributed by atoms with van der Waals surface area (Å²) in [5.41, 5.74) is 0. The van der Waals surface area contributed by atoms with Crippen LogP contribution in [0.25, 0.3) is 0 Å². The lowest BCUT2D eigenvalue weighted by molar-refractivity contribution is -0.143. The first-order chi connectivity index (χ1) is 32.5. The molecule has 0 rings (SSSR count). The highest BCUT2D eigenvalue weighted by atomic mass is 16.5. The molecule has 0 aliphatic rings. The molecule has 0 aromatic carbocycles. The highest BCUT2D eigenvalue weighted by Crippen LogP contribution is 2.18. The number of carbonyl (C=O) groups is 2. The summed E-state index contributed by atoms with van der Waals surface area (Å²) in [4.78, 5) is 24.6. The van der Waals surface area contributed by atoms with Crippen molar-refractivity contribution in [2.75, 3.05) is 13.2 Å². The molecule has 66 heavy (non-hydrogen) atoms. The van der Waals surface area contributed by atoms with Crippen molar-refractivity contribution in [3.63, 3.8) is 0 Å². The van der Waals surface area contributed by atoms with Crippen molar-refractivity contribution in [2.45, 2.75) is 347 Å². The Bertz CT molecular complexity index is 986. The second-order valence-corrected chi connectivity index (χ2v) is 20.7. The van der Waals surface area contributed by atoms with Crippen LogP contribution in [0.1, 0.15) is 335 Å². The van der Waals surface area contributed by atoms with Gasteiger partial charge in [0.05, 0.1) is 25.4 Å². The zero-order valence-electron chi connectivity index (χ0n) is 44.7. The van der Waals surface area contributed by atoms with E-state index in [2.05, 4.69) is 31.3 Å². The first kappa shape index (κ1) is 64.6. The van der Waals surface area contributed by atoms with Crippen LogP contribution in [0, 0.1) is 0 Å². The van der Waals surface area contributed by atoms with Gasteiger partial charge in [0.25, 0.3) is 0 Å². The minimum absolute atomic E-state index is 0.00486. The third kappa shape index (κ3) is 52.0. The third-order valence-electron chi connectivity index (χ3n) is 14.1. The van der Waals surface area contributed by atoms with E-state index in [0.717, 1.165) is 51.4 Å². The van der Waals surface area contributed by atoms with E-state index in [0.29, 0.717) is 25.9 Å². The molecule has 2 atom stereocenters. The van der Waals surface area contributed by atoms with Gasteiger partial charge in [0.2, 0.25) is 5.91 Å². The Hall–Kier alpha value is -1.40. The maximum absolute atomic E-state index is 12.5. The molecular formula is C60H117NO5. The summed E-state index contributed by atoms with van der Waals surface area (Å²) in [7, 11) is 0. The summed E-state index contributed by atoms with van der Waals surface area (Å²) in [6, 6.07) is -0.551. The average Bonchev–Trinajstić information content (AvgIpc) is 3.32. The summed E-state index contributed by atoms with van der Waals surface area (Å²) >= 11 is 0. The van der Waals surface area contributed by atoms with Gasteiger partial charge in [-0.25, -0.2) is 0 Å². The molecule has 0 aromatic heterocycles. The lowest BCUT2D eigenvalue weighted by atomic mass is 10.0. The molecule has 1 amide bonds. The lowest BCUT2D eigenvalue weighted by Gasteiger charge is -2.22. The molecule has 3 N–H and O–H groups in total. The molecule has 0 saturated heterocycles. The number of ether oxygens (including phenoxy) is 1. The number of esters is 1. The van der Waals surface area contributed by atoms with Crippen LogP contribution in [0.2, 0.25) is 0 Å². The van der Waals surface area contributed by atoms with Crippen LogP contribution in [-0.2, 0) is 14.3 Å². The fourth-order valence-electron chi connectivity index (χ4n) is 9.46. The number of aliphatic hydroxyl groups excluding tert-OH is 2. The van der Waals surface area contributed by atoms with Gasteiger partial charge in [-0.2, -0.15) is 0 Å². The Kier molecular flexibility index (Phi) is 55.0. The average molecular weight is 933 g/mol. The fraction of sp³-hybridized carbons (Fsp3) is 0.933. The molecule has 6 nitrogen and oxygen atoms in total. The number of allylic oxidation sites excluding steroid dienone is 2. The molecule has 0 aromatic rings. The van der Waals surface area contributed by atoms with Gasteiger partial charge >= 0.3 is 5.97 Å². The molecular weight excluding hydrogens is 815 g/mol. The minimum atomic E-state index is -0.672. The highest BCUT2D eigenvalue weighted by Gasteiger charge is 2.20. The van der Waals surface area contributed by atoms with E-state index in [1.165, 1.54) is 250 Å². The van der Waals surface area contributed by atoms with E-state index >= 15 is 0 Å². The molecule has 0 fully saturated rings. The fourth-order valence-corrected chi connectivity index (χ4v) is 9.46. The van der Waals surface area contributed by atoms with Gasteiger partial charge in [0.15, 0.2) is 0 Å². The van der Waals surface area contributed by atoms with Crippen LogP contribution in [0.15, 0.2) is 12.2 Å². The standard InChI is InChI=1S/C60H117NO5/c1-3-5-7-9-11-13-15-17-19-21-22-24-26-30-34-38-42-46-50-54-60(65)66-55-51-47-43-39-35-31-27-29-33-37-41-45-49-53-59(64)61-57(56-62)58(63)52-48-44-40-36-32-28-25-23-20-18-16-14-12-10-8-6-4-2/h17,19,57-58,62-63H,3-16,18,20-56H2,1-2H3,(H,61,64)/b19-17-. The van der Waals surface area contributed by atoms with Gasteiger partial charge in [0.1, 0.15) is 0 Å². The molecule has 0 saturated carbocycles. The van der Waals surface area contributed by atoms with Crippen molar-refractivity contribution in [2.24, 2.45) is 0 Å². The van der Waals surface area contributed by atoms with Crippen LogP contribution >= 0.6 is 0 Å². The summed E-state index contributed by atoms with van der Waals surface area (Å²) in [6.45, 7) is 4.95. The molecule has 6 heteroatoms. The number of nitrogens with one attached hydrogen (secondary N) is 1. The number of rotatable bonds is 56. The first-order valence-electron chi connectivity index (χ1n) is 29.9. The van der Waals surface area contributed by atoms with E-state index in [4.69, 9.17) is 4.74 Å². The molecule has 0 radical (unpaired) electrons. The van der Waals surface area contributed by atoms with Crippen molar-refractivity contribution >= 4 is 11.9 Å². The Morgan fingerprint density at radius 1 is 0.409 bits per heavy atom. The Balaban J connectivity index is 3.42. The Labute approximate surface area is 412 Å². The maximum atomic E-state index is 12.5. The zero-order valence-corrected chi connectivity index (χ0v) is 44.7. The third-order valence-corrected chi connectivity index (χ3v) is 14.1. The second-order valence-electron chi connectivity index (χ2n) is 20.7. The zero-order chi connectivity index (χ0) is 47.9. The number of hydrogen-bond donors (Lipinski definition) is 3. The van der Waals surface area contributed by atoms with E-state index in [1.807, 2.05) is 0 Å². The van der Waals surface area contributed by atoms with Crippen LogP contribution in [0.3, 0.4) is 0 Å². The predicted octanol–water partition coefficient (Wildman–Crippen LogP) is 18.5. The molecule has 392 valence electrons. The summed E-state index contributed by atoms with van der Waals surface area (Å²) in [6.07, 6.45) is 66.3. The van der Waals surface area contributed by atoms with Gasteiger partial charge in [0, 0.05) is 12.8 Å². The quantitative estimate of drug-likeness (QED) is 0.0321. The van der Waals surface area contributed by atoms with Crippen LogP contribution in [-0.4, -0.2) is 47.4 Å². The van der Waals surface area contributed by atoms with E-state index in [9.17, 15) is 19.8 Å². The number of aliphatic hydroxyl groups is 2. The first-order valence-corrected chi connectivity index (χ1v) is 29.9. The highest BCUT2D eigenvalue weighted by molar-refractivity contribution is 5.76. The molecule has 0 aliphatic heterocycles. The minimum Gasteiger partial charge on any atom is -0.466 e.